The molecule has 0 N–H and O–H groups in total. The van der Waals surface area contributed by atoms with Gasteiger partial charge in [0.1, 0.15) is 0 Å². The summed E-state index contributed by atoms with van der Waals surface area (Å²) in [6.45, 7) is 3.10. The lowest BCUT2D eigenvalue weighted by Crippen LogP contribution is -1.88. The van der Waals surface area contributed by atoms with Crippen molar-refractivity contribution in [2.75, 3.05) is 6.61 Å². The lowest BCUT2D eigenvalue weighted by Gasteiger charge is -1.96. The van der Waals surface area contributed by atoms with Crippen LogP contribution in [-0.4, -0.2) is 13.1 Å². The van der Waals surface area contributed by atoms with Gasteiger partial charge in [-0.25, -0.2) is 0 Å². The number of ether oxygens (including phenoxy) is 1. The van der Waals surface area contributed by atoms with Crippen molar-refractivity contribution in [1.29, 1.82) is 0 Å². The van der Waals surface area contributed by atoms with Crippen LogP contribution in [0.4, 0.5) is 0 Å². The third kappa shape index (κ3) is 3.95. The summed E-state index contributed by atoms with van der Waals surface area (Å²) < 4.78 is 4.39. The molecule has 0 aromatic rings. The molecule has 2 aliphatic rings. The van der Waals surface area contributed by atoms with Gasteiger partial charge in [-0.2, -0.15) is 0 Å². The average Bonchev–Trinajstić information content (AvgIpc) is 2.83. The molecule has 0 aromatic carbocycles. The zero-order valence-electron chi connectivity index (χ0n) is 8.95. The fraction of sp³-hybridized carbons (Fsp3) is 0.750. The van der Waals surface area contributed by atoms with Gasteiger partial charge in [0.2, 0.25) is 0 Å². The number of fused-ring (bicyclic) bond motifs is 2. The summed E-state index contributed by atoms with van der Waals surface area (Å²) in [5, 5.41) is 0. The molecule has 0 amide bonds. The highest BCUT2D eigenvalue weighted by Crippen LogP contribution is 2.38. The Hall–Kier alpha value is -0.790. The number of hydrogen-bond donors (Lipinski definition) is 0. The number of unbranched alkanes of at least 4 members (excludes halogenated alkanes) is 1. The maximum atomic E-state index is 9.46. The van der Waals surface area contributed by atoms with Crippen molar-refractivity contribution in [2.45, 2.75) is 39.0 Å². The van der Waals surface area contributed by atoms with E-state index in [0.29, 0.717) is 13.1 Å². The Bertz CT molecular complexity index is 175. The minimum absolute atomic E-state index is 0.482. The molecule has 0 heterocycles. The first kappa shape index (κ1) is 11.3. The van der Waals surface area contributed by atoms with Crippen LogP contribution in [0, 0.1) is 11.8 Å². The molecule has 2 atom stereocenters. The Morgan fingerprint density at radius 1 is 1.36 bits per heavy atom. The zero-order valence-corrected chi connectivity index (χ0v) is 8.95. The van der Waals surface area contributed by atoms with Crippen molar-refractivity contribution in [3.8, 4) is 0 Å². The second-order valence-corrected chi connectivity index (χ2v) is 4.04. The van der Waals surface area contributed by atoms with E-state index in [1.165, 1.54) is 19.3 Å². The molecule has 2 bridgehead atoms. The first-order valence-corrected chi connectivity index (χ1v) is 5.60. The van der Waals surface area contributed by atoms with E-state index in [4.69, 9.17) is 0 Å². The smallest absolute Gasteiger partial charge is 0.293 e. The molecule has 2 aliphatic carbocycles. The van der Waals surface area contributed by atoms with Gasteiger partial charge in [-0.15, -0.1) is 0 Å². The predicted molar refractivity (Wildman–Crippen MR) is 56.9 cm³/mol. The van der Waals surface area contributed by atoms with E-state index in [1.54, 1.807) is 0 Å². The van der Waals surface area contributed by atoms with Crippen LogP contribution < -0.4 is 0 Å². The molecule has 80 valence electrons. The molecule has 2 unspecified atom stereocenters. The molecule has 0 aliphatic heterocycles. The lowest BCUT2D eigenvalue weighted by molar-refractivity contribution is -0.128. The molecule has 14 heavy (non-hydrogen) atoms. The predicted octanol–water partition coefficient (Wildman–Crippen LogP) is 2.93. The molecule has 2 heteroatoms. The minimum Gasteiger partial charge on any atom is -0.468 e. The SMILES string of the molecule is C1=CC2CCC1C2.CCCCOC=O. The van der Waals surface area contributed by atoms with Gasteiger partial charge < -0.3 is 4.74 Å². The molecule has 0 saturated heterocycles. The van der Waals surface area contributed by atoms with Crippen LogP contribution in [0.1, 0.15) is 39.0 Å². The Morgan fingerprint density at radius 3 is 2.29 bits per heavy atom. The Morgan fingerprint density at radius 2 is 2.00 bits per heavy atom. The van der Waals surface area contributed by atoms with E-state index in [9.17, 15) is 4.79 Å². The van der Waals surface area contributed by atoms with Crippen LogP contribution in [-0.2, 0) is 9.53 Å². The summed E-state index contributed by atoms with van der Waals surface area (Å²) in [5.41, 5.74) is 0. The zero-order chi connectivity index (χ0) is 10.2. The molecule has 1 saturated carbocycles. The standard InChI is InChI=1S/C7H10.C5H10O2/c1-2-7-4-3-6(1)5-7;1-2-3-4-7-5-6/h1-2,6-7H,3-5H2;5H,2-4H2,1H3. The number of allylic oxidation sites excluding steroid dienone is 2. The Labute approximate surface area is 86.3 Å². The minimum atomic E-state index is 0.482. The largest absolute Gasteiger partial charge is 0.468 e. The molecule has 2 nitrogen and oxygen atoms in total. The second kappa shape index (κ2) is 6.63. The van der Waals surface area contributed by atoms with E-state index >= 15 is 0 Å². The topological polar surface area (TPSA) is 26.3 Å². The van der Waals surface area contributed by atoms with Crippen LogP contribution in [0.2, 0.25) is 0 Å². The number of carbonyl (C=O) groups is 1. The normalized spacial score (nSPS) is 26.9. The van der Waals surface area contributed by atoms with Crippen molar-refractivity contribution >= 4 is 6.47 Å². The molecule has 0 radical (unpaired) electrons. The lowest BCUT2D eigenvalue weighted by atomic mass is 10.1. The van der Waals surface area contributed by atoms with Crippen LogP contribution in [0.15, 0.2) is 12.2 Å². The summed E-state index contributed by atoms with van der Waals surface area (Å²) in [6.07, 6.45) is 11.2. The summed E-state index contributed by atoms with van der Waals surface area (Å²) in [4.78, 5) is 9.46. The number of rotatable bonds is 4. The van der Waals surface area contributed by atoms with E-state index in [2.05, 4.69) is 16.9 Å². The Kier molecular flexibility index (Phi) is 5.35. The monoisotopic (exact) mass is 196 g/mol. The van der Waals surface area contributed by atoms with Gasteiger partial charge >= 0.3 is 0 Å². The Balaban J connectivity index is 0.000000140. The van der Waals surface area contributed by atoms with E-state index < -0.39 is 0 Å². The molecule has 0 spiro atoms. The molecule has 0 aromatic heterocycles. The maximum Gasteiger partial charge on any atom is 0.293 e. The summed E-state index contributed by atoms with van der Waals surface area (Å²) in [7, 11) is 0. The molecule has 1 fully saturated rings. The highest BCUT2D eigenvalue weighted by molar-refractivity contribution is 5.36. The highest BCUT2D eigenvalue weighted by Gasteiger charge is 2.25. The van der Waals surface area contributed by atoms with Gasteiger partial charge in [0.05, 0.1) is 6.61 Å². The van der Waals surface area contributed by atoms with Gasteiger partial charge in [-0.3, -0.25) is 4.79 Å². The van der Waals surface area contributed by atoms with Crippen LogP contribution in [0.3, 0.4) is 0 Å². The van der Waals surface area contributed by atoms with E-state index in [-0.39, 0.29) is 0 Å². The van der Waals surface area contributed by atoms with Gasteiger partial charge in [0.15, 0.2) is 0 Å². The van der Waals surface area contributed by atoms with Crippen LogP contribution in [0.25, 0.3) is 0 Å². The van der Waals surface area contributed by atoms with Crippen LogP contribution >= 0.6 is 0 Å². The van der Waals surface area contributed by atoms with Crippen molar-refractivity contribution in [3.05, 3.63) is 12.2 Å². The number of hydrogen-bond acceptors (Lipinski definition) is 2. The second-order valence-electron chi connectivity index (χ2n) is 4.04. The molecule has 2 rings (SSSR count). The highest BCUT2D eigenvalue weighted by atomic mass is 16.5. The maximum absolute atomic E-state index is 9.46. The van der Waals surface area contributed by atoms with Crippen LogP contribution in [0.5, 0.6) is 0 Å². The third-order valence-electron chi connectivity index (χ3n) is 2.85. The first-order chi connectivity index (χ1) is 6.86. The van der Waals surface area contributed by atoms with Crippen molar-refractivity contribution in [2.24, 2.45) is 11.8 Å². The average molecular weight is 196 g/mol. The van der Waals surface area contributed by atoms with Gasteiger partial charge in [-0.05, 0) is 37.5 Å². The van der Waals surface area contributed by atoms with Crippen molar-refractivity contribution in [1.82, 2.24) is 0 Å². The molecular formula is C12H20O2. The summed E-state index contributed by atoms with van der Waals surface area (Å²) in [6, 6.07) is 0. The quantitative estimate of drug-likeness (QED) is 0.392. The van der Waals surface area contributed by atoms with E-state index in [0.717, 1.165) is 24.7 Å². The van der Waals surface area contributed by atoms with E-state index in [1.807, 2.05) is 6.92 Å². The van der Waals surface area contributed by atoms with Gasteiger partial charge in [0, 0.05) is 0 Å². The van der Waals surface area contributed by atoms with Gasteiger partial charge in [0.25, 0.3) is 6.47 Å². The first-order valence-electron chi connectivity index (χ1n) is 5.60. The number of carbonyl (C=O) groups excluding carboxylic acids is 1. The summed E-state index contributed by atoms with van der Waals surface area (Å²) in [5.74, 6) is 1.98. The van der Waals surface area contributed by atoms with Gasteiger partial charge in [-0.1, -0.05) is 25.5 Å². The fourth-order valence-corrected chi connectivity index (χ4v) is 1.99. The molecular weight excluding hydrogens is 176 g/mol. The van der Waals surface area contributed by atoms with Crippen molar-refractivity contribution < 1.29 is 9.53 Å². The van der Waals surface area contributed by atoms with Crippen molar-refractivity contribution in [3.63, 3.8) is 0 Å². The fourth-order valence-electron chi connectivity index (χ4n) is 1.99. The summed E-state index contributed by atoms with van der Waals surface area (Å²) >= 11 is 0. The third-order valence-corrected chi connectivity index (χ3v) is 2.85.